The Morgan fingerprint density at radius 1 is 1.05 bits per heavy atom. The molecular weight excluding hydrogens is 571 g/mol. The van der Waals surface area contributed by atoms with Crippen LogP contribution < -0.4 is 10.3 Å². The van der Waals surface area contributed by atoms with Crippen LogP contribution in [0.2, 0.25) is 0 Å². The predicted molar refractivity (Wildman–Crippen MR) is 162 cm³/mol. The van der Waals surface area contributed by atoms with E-state index in [1.807, 2.05) is 35.2 Å². The van der Waals surface area contributed by atoms with Gasteiger partial charge < -0.3 is 19.0 Å². The number of ether oxygens (including phenoxy) is 1. The van der Waals surface area contributed by atoms with E-state index in [-0.39, 0.29) is 42.7 Å². The molecule has 3 atom stereocenters. The van der Waals surface area contributed by atoms with Gasteiger partial charge in [-0.15, -0.1) is 0 Å². The molecule has 5 rings (SSSR count). The fourth-order valence-corrected chi connectivity index (χ4v) is 6.31. The second kappa shape index (κ2) is 13.4. The summed E-state index contributed by atoms with van der Waals surface area (Å²) in [6.45, 7) is 5.54. The molecule has 4 aromatic rings. The van der Waals surface area contributed by atoms with E-state index in [1.54, 1.807) is 22.9 Å². The van der Waals surface area contributed by atoms with Crippen molar-refractivity contribution in [3.05, 3.63) is 100.0 Å². The largest absolute Gasteiger partial charge is 0.481 e. The molecule has 43 heavy (non-hydrogen) atoms. The molecule has 1 saturated heterocycles. The fourth-order valence-electron chi connectivity index (χ4n) is 5.45. The van der Waals surface area contributed by atoms with Crippen molar-refractivity contribution in [1.82, 2.24) is 18.9 Å². The maximum atomic E-state index is 13.7. The summed E-state index contributed by atoms with van der Waals surface area (Å²) in [5.74, 6) is 0.153. The lowest BCUT2D eigenvalue weighted by Gasteiger charge is -2.35. The zero-order valence-corrected chi connectivity index (χ0v) is 24.8. The summed E-state index contributed by atoms with van der Waals surface area (Å²) in [4.78, 5) is 58.8. The van der Waals surface area contributed by atoms with E-state index in [4.69, 9.17) is 4.74 Å². The number of piperidine rings is 1. The Morgan fingerprint density at radius 3 is 2.42 bits per heavy atom. The number of imidazole rings is 1. The molecule has 2 aromatic heterocycles. The van der Waals surface area contributed by atoms with E-state index in [0.717, 1.165) is 23.7 Å². The molecule has 3 heterocycles. The minimum atomic E-state index is -0.809. The standard InChI is InChI=1S/C32H33FN4O5S/c1-21-14-22(2)17-36(16-21)27(39)18-35-12-13-37-30(40)29(42-20-24-6-4-3-5-7-24)28(34-32(35)37)31(41)43-26(19-38)15-23-8-10-25(33)11-9-23/h3-13,19,21-22,26H,14-18,20H2,1-2H3/t21-,22-,26?/m1/s1. The first-order chi connectivity index (χ1) is 20.7. The fraction of sp³-hybridized carbons (Fsp3) is 0.344. The van der Waals surface area contributed by atoms with E-state index in [1.165, 1.54) is 22.7 Å². The molecular formula is C32H33FN4O5S. The SMILES string of the molecule is C[C@@H]1C[C@@H](C)CN(C(=O)Cn2ccn3c(=O)c(OCc4ccccc4)c(C(=O)SC(C=O)Cc4ccc(F)cc4)nc23)C1. The Hall–Kier alpha value is -4.25. The van der Waals surface area contributed by atoms with Crippen LogP contribution in [0.25, 0.3) is 5.78 Å². The van der Waals surface area contributed by atoms with Gasteiger partial charge >= 0.3 is 5.56 Å². The number of halogens is 1. The maximum Gasteiger partial charge on any atom is 0.302 e. The molecule has 0 bridgehead atoms. The normalized spacial score (nSPS) is 17.5. The summed E-state index contributed by atoms with van der Waals surface area (Å²) in [5, 5.41) is -1.43. The van der Waals surface area contributed by atoms with Crippen molar-refractivity contribution in [3.8, 4) is 5.75 Å². The summed E-state index contributed by atoms with van der Waals surface area (Å²) in [6.07, 6.45) is 4.97. The Balaban J connectivity index is 1.46. The van der Waals surface area contributed by atoms with Gasteiger partial charge in [-0.05, 0) is 47.9 Å². The second-order valence-electron chi connectivity index (χ2n) is 11.1. The van der Waals surface area contributed by atoms with Crippen LogP contribution in [0.1, 0.15) is 41.9 Å². The Labute approximate surface area is 252 Å². The van der Waals surface area contributed by atoms with Crippen LogP contribution >= 0.6 is 11.8 Å². The highest BCUT2D eigenvalue weighted by molar-refractivity contribution is 8.15. The van der Waals surface area contributed by atoms with Gasteiger partial charge in [0.25, 0.3) is 0 Å². The van der Waals surface area contributed by atoms with Crippen LogP contribution in [-0.2, 0) is 29.2 Å². The summed E-state index contributed by atoms with van der Waals surface area (Å²) in [7, 11) is 0. The van der Waals surface area contributed by atoms with Crippen molar-refractivity contribution in [2.24, 2.45) is 11.8 Å². The third-order valence-electron chi connectivity index (χ3n) is 7.41. The van der Waals surface area contributed by atoms with E-state index in [2.05, 4.69) is 18.8 Å². The van der Waals surface area contributed by atoms with Gasteiger partial charge in [-0.2, -0.15) is 0 Å². The number of aromatic nitrogens is 3. The van der Waals surface area contributed by atoms with Crippen molar-refractivity contribution < 1.29 is 23.5 Å². The van der Waals surface area contributed by atoms with Crippen LogP contribution in [0, 0.1) is 17.7 Å². The van der Waals surface area contributed by atoms with Gasteiger partial charge in [0.05, 0.1) is 5.25 Å². The molecule has 0 aliphatic carbocycles. The topological polar surface area (TPSA) is 103 Å². The lowest BCUT2D eigenvalue weighted by molar-refractivity contribution is -0.134. The number of aldehydes is 1. The molecule has 1 fully saturated rings. The minimum Gasteiger partial charge on any atom is -0.481 e. The highest BCUT2D eigenvalue weighted by Crippen LogP contribution is 2.26. The summed E-state index contributed by atoms with van der Waals surface area (Å²) in [5.41, 5.74) is 0.631. The number of carbonyl (C=O) groups is 3. The smallest absolute Gasteiger partial charge is 0.302 e. The predicted octanol–water partition coefficient (Wildman–Crippen LogP) is 4.40. The third kappa shape index (κ3) is 7.22. The third-order valence-corrected chi connectivity index (χ3v) is 8.40. The van der Waals surface area contributed by atoms with Crippen molar-refractivity contribution in [1.29, 1.82) is 0 Å². The molecule has 0 spiro atoms. The number of benzene rings is 2. The zero-order valence-electron chi connectivity index (χ0n) is 24.0. The molecule has 1 amide bonds. The van der Waals surface area contributed by atoms with Crippen molar-refractivity contribution in [3.63, 3.8) is 0 Å². The molecule has 0 N–H and O–H groups in total. The van der Waals surface area contributed by atoms with Crippen LogP contribution in [0.4, 0.5) is 4.39 Å². The number of likely N-dealkylation sites (tertiary alicyclic amines) is 1. The average Bonchev–Trinajstić information content (AvgIpc) is 3.39. The molecule has 1 unspecified atom stereocenters. The maximum absolute atomic E-state index is 13.7. The van der Waals surface area contributed by atoms with Crippen molar-refractivity contribution in [2.75, 3.05) is 13.1 Å². The monoisotopic (exact) mass is 604 g/mol. The molecule has 9 nitrogen and oxygen atoms in total. The molecule has 11 heteroatoms. The molecule has 224 valence electrons. The lowest BCUT2D eigenvalue weighted by Crippen LogP contribution is -2.44. The molecule has 0 radical (unpaired) electrons. The van der Waals surface area contributed by atoms with Crippen LogP contribution in [-0.4, -0.2) is 54.5 Å². The van der Waals surface area contributed by atoms with Gasteiger partial charge in [0.1, 0.15) is 25.3 Å². The average molecular weight is 605 g/mol. The number of nitrogens with zero attached hydrogens (tertiary/aromatic N) is 4. The highest BCUT2D eigenvalue weighted by atomic mass is 32.2. The van der Waals surface area contributed by atoms with Gasteiger partial charge in [0.2, 0.25) is 22.5 Å². The number of rotatable bonds is 10. The summed E-state index contributed by atoms with van der Waals surface area (Å²) < 4.78 is 22.1. The molecule has 1 aliphatic heterocycles. The number of thioether (sulfide) groups is 1. The highest BCUT2D eigenvalue weighted by Gasteiger charge is 2.28. The van der Waals surface area contributed by atoms with Crippen molar-refractivity contribution in [2.45, 2.75) is 45.1 Å². The minimum absolute atomic E-state index is 0.0198. The summed E-state index contributed by atoms with van der Waals surface area (Å²) >= 11 is 0.720. The van der Waals surface area contributed by atoms with Crippen LogP contribution in [0.15, 0.2) is 71.8 Å². The second-order valence-corrected chi connectivity index (χ2v) is 12.3. The van der Waals surface area contributed by atoms with Gasteiger partial charge in [-0.25, -0.2) is 13.8 Å². The Kier molecular flexibility index (Phi) is 9.40. The van der Waals surface area contributed by atoms with E-state index in [0.29, 0.717) is 36.8 Å². The van der Waals surface area contributed by atoms with E-state index in [9.17, 15) is 23.6 Å². The van der Waals surface area contributed by atoms with Gasteiger partial charge in [0, 0.05) is 25.5 Å². The molecule has 2 aromatic carbocycles. The number of fused-ring (bicyclic) bond motifs is 1. The quantitative estimate of drug-likeness (QED) is 0.247. The number of hydrogen-bond donors (Lipinski definition) is 0. The Morgan fingerprint density at radius 2 is 1.74 bits per heavy atom. The van der Waals surface area contributed by atoms with Crippen LogP contribution in [0.5, 0.6) is 5.75 Å². The Bertz CT molecular complexity index is 1660. The lowest BCUT2D eigenvalue weighted by atomic mass is 9.92. The molecule has 0 saturated carbocycles. The van der Waals surface area contributed by atoms with Crippen LogP contribution in [0.3, 0.4) is 0 Å². The van der Waals surface area contributed by atoms with Gasteiger partial charge in [0.15, 0.2) is 5.69 Å². The van der Waals surface area contributed by atoms with Gasteiger partial charge in [-0.3, -0.25) is 14.4 Å². The van der Waals surface area contributed by atoms with Gasteiger partial charge in [-0.1, -0.05) is 68.1 Å². The molecule has 1 aliphatic rings. The first kappa shape index (κ1) is 30.2. The number of hydrogen-bond acceptors (Lipinski definition) is 7. The van der Waals surface area contributed by atoms with E-state index < -0.39 is 21.7 Å². The first-order valence-corrected chi connectivity index (χ1v) is 15.1. The zero-order chi connectivity index (χ0) is 30.5. The first-order valence-electron chi connectivity index (χ1n) is 14.2. The summed E-state index contributed by atoms with van der Waals surface area (Å²) in [6, 6.07) is 14.9. The van der Waals surface area contributed by atoms with E-state index >= 15 is 0 Å². The number of amides is 1. The van der Waals surface area contributed by atoms with Crippen molar-refractivity contribution >= 4 is 34.8 Å². The number of carbonyl (C=O) groups excluding carboxylic acids is 3.